The van der Waals surface area contributed by atoms with Gasteiger partial charge in [-0.1, -0.05) is 19.1 Å². The van der Waals surface area contributed by atoms with Crippen LogP contribution in [0, 0.1) is 19.7 Å². The number of amides is 1. The van der Waals surface area contributed by atoms with Crippen LogP contribution in [-0.2, 0) is 11.2 Å². The van der Waals surface area contributed by atoms with Gasteiger partial charge in [0.1, 0.15) is 6.33 Å². The molecule has 7 heteroatoms. The van der Waals surface area contributed by atoms with Crippen LogP contribution in [0.25, 0.3) is 0 Å². The number of hydrogen-bond donors (Lipinski definition) is 1. The Labute approximate surface area is 159 Å². The minimum absolute atomic E-state index is 0.0290. The lowest BCUT2D eigenvalue weighted by Gasteiger charge is -2.35. The van der Waals surface area contributed by atoms with Crippen LogP contribution < -0.4 is 10.2 Å². The van der Waals surface area contributed by atoms with Gasteiger partial charge in [-0.25, -0.2) is 14.4 Å². The molecule has 1 amide bonds. The molecule has 2 heterocycles. The Bertz CT molecular complexity index is 818. The average Bonchev–Trinajstić information content (AvgIpc) is 2.66. The predicted octanol–water partition coefficient (Wildman–Crippen LogP) is 2.56. The Morgan fingerprint density at radius 2 is 1.93 bits per heavy atom. The second-order valence-corrected chi connectivity index (χ2v) is 6.87. The molecule has 0 radical (unpaired) electrons. The maximum atomic E-state index is 14.4. The number of aryl methyl sites for hydroxylation is 2. The molecule has 27 heavy (non-hydrogen) atoms. The summed E-state index contributed by atoms with van der Waals surface area (Å²) in [6.45, 7) is 8.87. The second kappa shape index (κ2) is 8.43. The van der Waals surface area contributed by atoms with E-state index < -0.39 is 0 Å². The van der Waals surface area contributed by atoms with Crippen LogP contribution >= 0.6 is 0 Å². The van der Waals surface area contributed by atoms with Crippen molar-refractivity contribution in [2.75, 3.05) is 42.9 Å². The van der Waals surface area contributed by atoms with Crippen molar-refractivity contribution in [3.05, 3.63) is 47.2 Å². The van der Waals surface area contributed by atoms with Crippen LogP contribution in [0.15, 0.2) is 24.5 Å². The summed E-state index contributed by atoms with van der Waals surface area (Å²) in [4.78, 5) is 24.5. The summed E-state index contributed by atoms with van der Waals surface area (Å²) in [5, 5.41) is 2.99. The molecule has 1 N–H and O–H groups in total. The third-order valence-electron chi connectivity index (χ3n) is 5.10. The molecule has 2 aromatic rings. The molecule has 1 saturated heterocycles. The largest absolute Gasteiger partial charge is 0.352 e. The van der Waals surface area contributed by atoms with E-state index in [1.807, 2.05) is 43.9 Å². The van der Waals surface area contributed by atoms with Crippen molar-refractivity contribution in [2.24, 2.45) is 0 Å². The Kier molecular flexibility index (Phi) is 6.01. The van der Waals surface area contributed by atoms with Crippen LogP contribution in [0.2, 0.25) is 0 Å². The first-order chi connectivity index (χ1) is 13.0. The number of nitrogens with zero attached hydrogens (tertiary/aromatic N) is 4. The van der Waals surface area contributed by atoms with Gasteiger partial charge in [0.15, 0.2) is 11.6 Å². The van der Waals surface area contributed by atoms with E-state index in [2.05, 4.69) is 20.2 Å². The number of piperazine rings is 1. The zero-order chi connectivity index (χ0) is 19.4. The molecule has 0 atom stereocenters. The van der Waals surface area contributed by atoms with Gasteiger partial charge in [0.05, 0.1) is 12.2 Å². The fraction of sp³-hybridized carbons (Fsp3) is 0.450. The zero-order valence-electron chi connectivity index (χ0n) is 16.1. The third-order valence-corrected chi connectivity index (χ3v) is 5.10. The number of anilines is 2. The van der Waals surface area contributed by atoms with Crippen molar-refractivity contribution in [3.63, 3.8) is 0 Å². The lowest BCUT2D eigenvalue weighted by atomic mass is 10.1. The van der Waals surface area contributed by atoms with E-state index >= 15 is 0 Å². The van der Waals surface area contributed by atoms with Gasteiger partial charge in [0.25, 0.3) is 0 Å². The molecular weight excluding hydrogens is 345 g/mol. The molecular formula is C20H26FN5O. The number of halogens is 1. The smallest absolute Gasteiger partial charge is 0.238 e. The second-order valence-electron chi connectivity index (χ2n) is 6.87. The molecule has 1 aliphatic rings. The molecule has 1 fully saturated rings. The lowest BCUT2D eigenvalue weighted by Crippen LogP contribution is -2.49. The number of hydrogen-bond acceptors (Lipinski definition) is 5. The van der Waals surface area contributed by atoms with E-state index in [4.69, 9.17) is 0 Å². The van der Waals surface area contributed by atoms with E-state index in [-0.39, 0.29) is 11.7 Å². The Hall–Kier alpha value is -2.54. The highest BCUT2D eigenvalue weighted by molar-refractivity contribution is 5.93. The molecule has 6 nitrogen and oxygen atoms in total. The van der Waals surface area contributed by atoms with Crippen LogP contribution in [0.3, 0.4) is 0 Å². The molecule has 1 aromatic carbocycles. The number of benzene rings is 1. The summed E-state index contributed by atoms with van der Waals surface area (Å²) in [7, 11) is 0. The number of nitrogens with one attached hydrogen (secondary N) is 1. The Morgan fingerprint density at radius 3 is 2.63 bits per heavy atom. The van der Waals surface area contributed by atoms with E-state index in [1.165, 1.54) is 6.33 Å². The Balaban J connectivity index is 1.55. The summed E-state index contributed by atoms with van der Waals surface area (Å²) >= 11 is 0. The quantitative estimate of drug-likeness (QED) is 0.875. The van der Waals surface area contributed by atoms with Gasteiger partial charge >= 0.3 is 0 Å². The van der Waals surface area contributed by atoms with Crippen molar-refractivity contribution in [1.82, 2.24) is 14.9 Å². The molecule has 0 bridgehead atoms. The molecule has 1 aliphatic heterocycles. The molecule has 0 aliphatic carbocycles. The van der Waals surface area contributed by atoms with Crippen LogP contribution in [0.4, 0.5) is 15.9 Å². The monoisotopic (exact) mass is 371 g/mol. The predicted molar refractivity (Wildman–Crippen MR) is 105 cm³/mol. The minimum atomic E-state index is -0.332. The van der Waals surface area contributed by atoms with Gasteiger partial charge in [0.2, 0.25) is 5.91 Å². The number of carbonyl (C=O) groups is 1. The van der Waals surface area contributed by atoms with Crippen molar-refractivity contribution >= 4 is 17.4 Å². The number of carbonyl (C=O) groups excluding carboxylic acids is 1. The highest BCUT2D eigenvalue weighted by atomic mass is 19.1. The van der Waals surface area contributed by atoms with Crippen molar-refractivity contribution in [1.29, 1.82) is 0 Å². The summed E-state index contributed by atoms with van der Waals surface area (Å²) in [6, 6.07) is 5.89. The normalized spacial score (nSPS) is 15.0. The van der Waals surface area contributed by atoms with Gasteiger partial charge in [0, 0.05) is 31.9 Å². The fourth-order valence-electron chi connectivity index (χ4n) is 3.26. The van der Waals surface area contributed by atoms with Crippen LogP contribution in [0.5, 0.6) is 0 Å². The minimum Gasteiger partial charge on any atom is -0.352 e. The SMILES string of the molecule is CCc1ncnc(N2CCN(CC(=O)Nc3cccc(C)c3C)CC2)c1F. The highest BCUT2D eigenvalue weighted by Gasteiger charge is 2.23. The summed E-state index contributed by atoms with van der Waals surface area (Å²) < 4.78 is 14.4. The molecule has 3 rings (SSSR count). The van der Waals surface area contributed by atoms with E-state index in [0.717, 1.165) is 16.8 Å². The third kappa shape index (κ3) is 4.42. The van der Waals surface area contributed by atoms with Crippen molar-refractivity contribution in [2.45, 2.75) is 27.2 Å². The lowest BCUT2D eigenvalue weighted by molar-refractivity contribution is -0.117. The van der Waals surface area contributed by atoms with Gasteiger partial charge in [-0.3, -0.25) is 9.69 Å². The Morgan fingerprint density at radius 1 is 1.19 bits per heavy atom. The first kappa shape index (κ1) is 19.2. The van der Waals surface area contributed by atoms with E-state index in [0.29, 0.717) is 50.7 Å². The molecule has 0 spiro atoms. The fourth-order valence-corrected chi connectivity index (χ4v) is 3.26. The van der Waals surface area contributed by atoms with Crippen molar-refractivity contribution in [3.8, 4) is 0 Å². The van der Waals surface area contributed by atoms with Crippen LogP contribution in [0.1, 0.15) is 23.7 Å². The van der Waals surface area contributed by atoms with E-state index in [1.54, 1.807) is 0 Å². The van der Waals surface area contributed by atoms with Gasteiger partial charge in [-0.05, 0) is 37.5 Å². The molecule has 144 valence electrons. The van der Waals surface area contributed by atoms with E-state index in [9.17, 15) is 9.18 Å². The molecule has 0 saturated carbocycles. The zero-order valence-corrected chi connectivity index (χ0v) is 16.1. The van der Waals surface area contributed by atoms with Gasteiger partial charge in [-0.2, -0.15) is 0 Å². The molecule has 0 unspecified atom stereocenters. The molecule has 1 aromatic heterocycles. The summed E-state index contributed by atoms with van der Waals surface area (Å²) in [5.41, 5.74) is 3.53. The topological polar surface area (TPSA) is 61.4 Å². The summed E-state index contributed by atoms with van der Waals surface area (Å²) in [5.74, 6) is 0.00101. The number of rotatable bonds is 5. The van der Waals surface area contributed by atoms with Crippen LogP contribution in [-0.4, -0.2) is 53.5 Å². The maximum Gasteiger partial charge on any atom is 0.238 e. The average molecular weight is 371 g/mol. The standard InChI is InChI=1S/C20H26FN5O/c1-4-16-19(21)20(23-13-22-16)26-10-8-25(9-11-26)12-18(27)24-17-7-5-6-14(2)15(17)3/h5-7,13H,4,8-12H2,1-3H3,(H,24,27). The summed E-state index contributed by atoms with van der Waals surface area (Å²) in [6.07, 6.45) is 1.96. The maximum absolute atomic E-state index is 14.4. The first-order valence-corrected chi connectivity index (χ1v) is 9.32. The van der Waals surface area contributed by atoms with Gasteiger partial charge < -0.3 is 10.2 Å². The first-order valence-electron chi connectivity index (χ1n) is 9.32. The van der Waals surface area contributed by atoms with Gasteiger partial charge in [-0.15, -0.1) is 0 Å². The van der Waals surface area contributed by atoms with Crippen molar-refractivity contribution < 1.29 is 9.18 Å². The number of aromatic nitrogens is 2. The highest BCUT2D eigenvalue weighted by Crippen LogP contribution is 2.20.